The average Bonchev–Trinajstić information content (AvgIpc) is 2.46. The molecule has 106 valence electrons. The molecule has 0 saturated carbocycles. The summed E-state index contributed by atoms with van der Waals surface area (Å²) in [4.78, 5) is 0. The molecule has 0 atom stereocenters. The molecule has 0 aromatic heterocycles. The standard InChI is InChI=1S/C16H25NO2/c1-2-18-11-9-17-10-12-19-16-8-7-14-5-3-4-6-15(14)13-16/h7-8,13,17H,2-6,9-12H2,1H3. The smallest absolute Gasteiger partial charge is 0.119 e. The van der Waals surface area contributed by atoms with E-state index >= 15 is 0 Å². The first-order valence-electron chi connectivity index (χ1n) is 7.43. The van der Waals surface area contributed by atoms with Gasteiger partial charge in [-0.3, -0.25) is 0 Å². The third-order valence-corrected chi connectivity index (χ3v) is 3.49. The number of nitrogens with one attached hydrogen (secondary N) is 1. The van der Waals surface area contributed by atoms with E-state index in [0.29, 0.717) is 6.61 Å². The molecule has 1 N–H and O–H groups in total. The van der Waals surface area contributed by atoms with Gasteiger partial charge in [-0.05, 0) is 55.9 Å². The van der Waals surface area contributed by atoms with E-state index in [0.717, 1.165) is 32.1 Å². The monoisotopic (exact) mass is 263 g/mol. The fraction of sp³-hybridized carbons (Fsp3) is 0.625. The lowest BCUT2D eigenvalue weighted by Crippen LogP contribution is -2.25. The molecule has 0 spiro atoms. The molecule has 0 fully saturated rings. The van der Waals surface area contributed by atoms with Crippen molar-refractivity contribution >= 4 is 0 Å². The molecule has 19 heavy (non-hydrogen) atoms. The maximum Gasteiger partial charge on any atom is 0.119 e. The van der Waals surface area contributed by atoms with Crippen molar-refractivity contribution in [2.24, 2.45) is 0 Å². The number of fused-ring (bicyclic) bond motifs is 1. The molecule has 2 rings (SSSR count). The van der Waals surface area contributed by atoms with Crippen LogP contribution >= 0.6 is 0 Å². The van der Waals surface area contributed by atoms with Gasteiger partial charge in [-0.2, -0.15) is 0 Å². The molecule has 1 aromatic rings. The van der Waals surface area contributed by atoms with E-state index in [1.807, 2.05) is 6.92 Å². The van der Waals surface area contributed by atoms with Gasteiger partial charge in [-0.1, -0.05) is 6.07 Å². The maximum atomic E-state index is 5.78. The molecule has 1 aliphatic rings. The van der Waals surface area contributed by atoms with Crippen molar-refractivity contribution < 1.29 is 9.47 Å². The Morgan fingerprint density at radius 3 is 2.68 bits per heavy atom. The molecule has 0 amide bonds. The van der Waals surface area contributed by atoms with E-state index in [2.05, 4.69) is 23.5 Å². The van der Waals surface area contributed by atoms with E-state index < -0.39 is 0 Å². The van der Waals surface area contributed by atoms with Crippen LogP contribution in [0, 0.1) is 0 Å². The first-order valence-corrected chi connectivity index (χ1v) is 7.43. The van der Waals surface area contributed by atoms with Crippen LogP contribution in [0.25, 0.3) is 0 Å². The molecule has 1 aromatic carbocycles. The molecule has 0 radical (unpaired) electrons. The van der Waals surface area contributed by atoms with Crippen LogP contribution in [0.2, 0.25) is 0 Å². The second-order valence-corrected chi connectivity index (χ2v) is 4.93. The molecule has 1 aliphatic carbocycles. The SMILES string of the molecule is CCOCCNCCOc1ccc2c(c1)CCCC2. The van der Waals surface area contributed by atoms with Crippen molar-refractivity contribution in [3.05, 3.63) is 29.3 Å². The largest absolute Gasteiger partial charge is 0.492 e. The normalized spacial score (nSPS) is 14.2. The number of hydrogen-bond acceptors (Lipinski definition) is 3. The Morgan fingerprint density at radius 1 is 1.05 bits per heavy atom. The second kappa shape index (κ2) is 8.18. The summed E-state index contributed by atoms with van der Waals surface area (Å²) >= 11 is 0. The van der Waals surface area contributed by atoms with Crippen molar-refractivity contribution in [3.63, 3.8) is 0 Å². The number of hydrogen-bond donors (Lipinski definition) is 1. The minimum atomic E-state index is 0.713. The molecule has 0 heterocycles. The summed E-state index contributed by atoms with van der Waals surface area (Å²) in [5.74, 6) is 1.01. The third kappa shape index (κ3) is 4.84. The lowest BCUT2D eigenvalue weighted by atomic mass is 9.92. The van der Waals surface area contributed by atoms with Gasteiger partial charge in [0.15, 0.2) is 0 Å². The Labute approximate surface area is 116 Å². The van der Waals surface area contributed by atoms with Gasteiger partial charge in [0, 0.05) is 19.7 Å². The van der Waals surface area contributed by atoms with Crippen LogP contribution in [-0.2, 0) is 17.6 Å². The molecule has 3 heteroatoms. The fourth-order valence-electron chi connectivity index (χ4n) is 2.45. The van der Waals surface area contributed by atoms with E-state index in [9.17, 15) is 0 Å². The highest BCUT2D eigenvalue weighted by molar-refractivity contribution is 5.37. The van der Waals surface area contributed by atoms with Crippen LogP contribution in [0.3, 0.4) is 0 Å². The van der Waals surface area contributed by atoms with Crippen LogP contribution in [0.4, 0.5) is 0 Å². The van der Waals surface area contributed by atoms with Crippen LogP contribution in [-0.4, -0.2) is 32.9 Å². The lowest BCUT2D eigenvalue weighted by molar-refractivity contribution is 0.148. The van der Waals surface area contributed by atoms with Gasteiger partial charge in [-0.25, -0.2) is 0 Å². The summed E-state index contributed by atoms with van der Waals surface area (Å²) in [6.07, 6.45) is 5.08. The van der Waals surface area contributed by atoms with Crippen molar-refractivity contribution in [1.82, 2.24) is 5.32 Å². The summed E-state index contributed by atoms with van der Waals surface area (Å²) < 4.78 is 11.0. The molecule has 0 unspecified atom stereocenters. The maximum absolute atomic E-state index is 5.78. The quantitative estimate of drug-likeness (QED) is 0.731. The summed E-state index contributed by atoms with van der Waals surface area (Å²) in [5.41, 5.74) is 2.99. The number of aryl methyl sites for hydroxylation is 2. The zero-order valence-electron chi connectivity index (χ0n) is 11.9. The fourth-order valence-corrected chi connectivity index (χ4v) is 2.45. The van der Waals surface area contributed by atoms with Gasteiger partial charge in [0.1, 0.15) is 12.4 Å². The van der Waals surface area contributed by atoms with Crippen molar-refractivity contribution in [2.75, 3.05) is 32.9 Å². The Hall–Kier alpha value is -1.06. The number of ether oxygens (including phenoxy) is 2. The van der Waals surface area contributed by atoms with Gasteiger partial charge < -0.3 is 14.8 Å². The van der Waals surface area contributed by atoms with E-state index in [-0.39, 0.29) is 0 Å². The van der Waals surface area contributed by atoms with Crippen molar-refractivity contribution in [1.29, 1.82) is 0 Å². The number of rotatable bonds is 8. The van der Waals surface area contributed by atoms with Crippen LogP contribution in [0.1, 0.15) is 30.9 Å². The molecular formula is C16H25NO2. The molecule has 0 aliphatic heterocycles. The Balaban J connectivity index is 1.66. The minimum absolute atomic E-state index is 0.713. The van der Waals surface area contributed by atoms with Gasteiger partial charge in [0.05, 0.1) is 6.61 Å². The highest BCUT2D eigenvalue weighted by atomic mass is 16.5. The summed E-state index contributed by atoms with van der Waals surface area (Å²) in [7, 11) is 0. The Kier molecular flexibility index (Phi) is 6.18. The first-order chi connectivity index (χ1) is 9.40. The highest BCUT2D eigenvalue weighted by Crippen LogP contribution is 2.25. The molecule has 0 bridgehead atoms. The second-order valence-electron chi connectivity index (χ2n) is 4.93. The van der Waals surface area contributed by atoms with Crippen molar-refractivity contribution in [2.45, 2.75) is 32.6 Å². The zero-order valence-corrected chi connectivity index (χ0v) is 11.9. The number of benzene rings is 1. The van der Waals surface area contributed by atoms with Crippen LogP contribution in [0.15, 0.2) is 18.2 Å². The molecular weight excluding hydrogens is 238 g/mol. The summed E-state index contributed by atoms with van der Waals surface area (Å²) in [5, 5.41) is 3.30. The lowest BCUT2D eigenvalue weighted by Gasteiger charge is -2.16. The topological polar surface area (TPSA) is 30.5 Å². The first kappa shape index (κ1) is 14.4. The Morgan fingerprint density at radius 2 is 1.84 bits per heavy atom. The molecule has 0 saturated heterocycles. The van der Waals surface area contributed by atoms with E-state index in [1.54, 1.807) is 0 Å². The highest BCUT2D eigenvalue weighted by Gasteiger charge is 2.09. The van der Waals surface area contributed by atoms with Gasteiger partial charge >= 0.3 is 0 Å². The van der Waals surface area contributed by atoms with E-state index in [1.165, 1.54) is 36.8 Å². The van der Waals surface area contributed by atoms with Crippen LogP contribution < -0.4 is 10.1 Å². The molecule has 3 nitrogen and oxygen atoms in total. The van der Waals surface area contributed by atoms with Gasteiger partial charge in [0.25, 0.3) is 0 Å². The predicted octanol–water partition coefficient (Wildman–Crippen LogP) is 2.57. The summed E-state index contributed by atoms with van der Waals surface area (Å²) in [6, 6.07) is 6.55. The predicted molar refractivity (Wildman–Crippen MR) is 77.9 cm³/mol. The van der Waals surface area contributed by atoms with Crippen LogP contribution in [0.5, 0.6) is 5.75 Å². The third-order valence-electron chi connectivity index (χ3n) is 3.49. The minimum Gasteiger partial charge on any atom is -0.492 e. The van der Waals surface area contributed by atoms with Gasteiger partial charge in [-0.15, -0.1) is 0 Å². The summed E-state index contributed by atoms with van der Waals surface area (Å²) in [6.45, 7) is 6.04. The van der Waals surface area contributed by atoms with Crippen molar-refractivity contribution in [3.8, 4) is 5.75 Å². The van der Waals surface area contributed by atoms with E-state index in [4.69, 9.17) is 9.47 Å². The average molecular weight is 263 g/mol. The van der Waals surface area contributed by atoms with Gasteiger partial charge in [0.2, 0.25) is 0 Å². The zero-order chi connectivity index (χ0) is 13.3. The Bertz CT molecular complexity index is 379.